The highest BCUT2D eigenvalue weighted by Gasteiger charge is 2.38. The molecule has 3 N–H and O–H groups in total. The van der Waals surface area contributed by atoms with E-state index in [1.807, 2.05) is 0 Å². The Morgan fingerprint density at radius 2 is 2.32 bits per heavy atom. The third-order valence-corrected chi connectivity index (χ3v) is 3.68. The van der Waals surface area contributed by atoms with Crippen LogP contribution in [0, 0.1) is 6.92 Å². The van der Waals surface area contributed by atoms with E-state index in [1.54, 1.807) is 25.1 Å². The second-order valence-electron chi connectivity index (χ2n) is 5.37. The molecule has 1 atom stereocenters. The van der Waals surface area contributed by atoms with Crippen LogP contribution in [0.3, 0.4) is 0 Å². The van der Waals surface area contributed by atoms with E-state index in [1.165, 1.54) is 6.20 Å². The average Bonchev–Trinajstić information content (AvgIpc) is 2.84. The minimum absolute atomic E-state index is 0.0613. The molecule has 1 aliphatic heterocycles. The van der Waals surface area contributed by atoms with Gasteiger partial charge in [0, 0.05) is 12.3 Å². The Hall–Kier alpha value is -2.98. The van der Waals surface area contributed by atoms with Crippen molar-refractivity contribution in [2.75, 3.05) is 5.73 Å². The lowest BCUT2D eigenvalue weighted by Crippen LogP contribution is -2.28. The molecule has 10 heteroatoms. The minimum atomic E-state index is -1.22. The molecule has 128 valence electrons. The fraction of sp³-hybridized carbons (Fsp3) is 0.200. The van der Waals surface area contributed by atoms with E-state index in [2.05, 4.69) is 14.7 Å². The lowest BCUT2D eigenvalue weighted by Gasteiger charge is -2.14. The van der Waals surface area contributed by atoms with Gasteiger partial charge in [0.2, 0.25) is 11.8 Å². The zero-order valence-corrected chi connectivity index (χ0v) is 13.2. The fourth-order valence-electron chi connectivity index (χ4n) is 2.73. The molecule has 0 radical (unpaired) electrons. The molecule has 1 unspecified atom stereocenters. The Labute approximate surface area is 142 Å². The monoisotopic (exact) mass is 343 g/mol. The van der Waals surface area contributed by atoms with E-state index in [4.69, 9.17) is 15.1 Å². The standard InChI is InChI=1S/C15H14BN3O6/c1-8-4-9(24-12-2-3-18-15(17)19-12)5-10-14(8)11(25-16(10)22)6-13(21)23-7-20/h2-5,7,11,22H,6H2,1H3,(H2,17,18,19). The molecule has 25 heavy (non-hydrogen) atoms. The maximum atomic E-state index is 11.5. The summed E-state index contributed by atoms with van der Waals surface area (Å²) in [6.45, 7) is 1.85. The van der Waals surface area contributed by atoms with Gasteiger partial charge in [-0.2, -0.15) is 4.98 Å². The van der Waals surface area contributed by atoms with Crippen LogP contribution in [0.2, 0.25) is 0 Å². The molecule has 1 aliphatic rings. The summed E-state index contributed by atoms with van der Waals surface area (Å²) in [4.78, 5) is 29.5. The summed E-state index contributed by atoms with van der Waals surface area (Å²) in [7, 11) is -1.22. The predicted molar refractivity (Wildman–Crippen MR) is 85.9 cm³/mol. The topological polar surface area (TPSA) is 134 Å². The quantitative estimate of drug-likeness (QED) is 0.333. The van der Waals surface area contributed by atoms with E-state index in [-0.39, 0.29) is 24.7 Å². The van der Waals surface area contributed by atoms with Crippen LogP contribution in [0.25, 0.3) is 0 Å². The predicted octanol–water partition coefficient (Wildman–Crippen LogP) is 0.00802. The number of nitrogen functional groups attached to an aromatic ring is 1. The SMILES string of the molecule is Cc1cc(Oc2ccnc(N)n2)cc2c1C(CC(=O)OC=O)OB2O. The number of ether oxygens (including phenoxy) is 2. The molecule has 0 spiro atoms. The van der Waals surface area contributed by atoms with Gasteiger partial charge in [0.15, 0.2) is 0 Å². The van der Waals surface area contributed by atoms with Crippen molar-refractivity contribution in [3.63, 3.8) is 0 Å². The Bertz CT molecular complexity index is 831. The van der Waals surface area contributed by atoms with E-state index in [9.17, 15) is 14.6 Å². The van der Waals surface area contributed by atoms with E-state index < -0.39 is 19.2 Å². The van der Waals surface area contributed by atoms with E-state index in [0.29, 0.717) is 16.8 Å². The molecule has 0 bridgehead atoms. The summed E-state index contributed by atoms with van der Waals surface area (Å²) in [5.74, 6) is 0.0169. The number of aryl methyl sites for hydroxylation is 1. The molecule has 3 rings (SSSR count). The Kier molecular flexibility index (Phi) is 4.64. The van der Waals surface area contributed by atoms with Crippen molar-refractivity contribution >= 4 is 31.0 Å². The molecular formula is C15H14BN3O6. The molecule has 0 aliphatic carbocycles. The summed E-state index contributed by atoms with van der Waals surface area (Å²) in [5, 5.41) is 10.1. The van der Waals surface area contributed by atoms with Crippen LogP contribution in [0.5, 0.6) is 11.6 Å². The van der Waals surface area contributed by atoms with Gasteiger partial charge < -0.3 is 24.9 Å². The number of hydrogen-bond donors (Lipinski definition) is 2. The Balaban J connectivity index is 1.87. The van der Waals surface area contributed by atoms with Crippen molar-refractivity contribution in [1.29, 1.82) is 0 Å². The van der Waals surface area contributed by atoms with Crippen molar-refractivity contribution in [1.82, 2.24) is 9.97 Å². The maximum Gasteiger partial charge on any atom is 0.492 e. The van der Waals surface area contributed by atoms with E-state index >= 15 is 0 Å². The third kappa shape index (κ3) is 3.59. The minimum Gasteiger partial charge on any atom is -0.439 e. The van der Waals surface area contributed by atoms with Gasteiger partial charge in [-0.3, -0.25) is 9.59 Å². The number of anilines is 1. The highest BCUT2D eigenvalue weighted by Crippen LogP contribution is 2.33. The number of carbonyl (C=O) groups is 2. The molecule has 2 aromatic rings. The van der Waals surface area contributed by atoms with Crippen LogP contribution in [-0.2, 0) is 19.0 Å². The number of aromatic nitrogens is 2. The summed E-state index contributed by atoms with van der Waals surface area (Å²) in [5.41, 5.74) is 7.39. The largest absolute Gasteiger partial charge is 0.492 e. The summed E-state index contributed by atoms with van der Waals surface area (Å²) < 4.78 is 15.3. The molecular weight excluding hydrogens is 329 g/mol. The average molecular weight is 343 g/mol. The summed E-state index contributed by atoms with van der Waals surface area (Å²) in [6.07, 6.45) is 0.567. The first-order chi connectivity index (χ1) is 12.0. The van der Waals surface area contributed by atoms with Crippen molar-refractivity contribution < 1.29 is 28.7 Å². The number of esters is 1. The normalized spacial score (nSPS) is 15.6. The highest BCUT2D eigenvalue weighted by atomic mass is 16.6. The van der Waals surface area contributed by atoms with Crippen LogP contribution in [0.1, 0.15) is 23.7 Å². The number of nitrogens with zero attached hydrogens (tertiary/aromatic N) is 2. The van der Waals surface area contributed by atoms with Crippen LogP contribution in [0.4, 0.5) is 5.95 Å². The second-order valence-corrected chi connectivity index (χ2v) is 5.37. The van der Waals surface area contributed by atoms with Gasteiger partial charge in [0.05, 0.1) is 12.5 Å². The fourth-order valence-corrected chi connectivity index (χ4v) is 2.73. The van der Waals surface area contributed by atoms with Crippen LogP contribution in [-0.4, -0.2) is 34.6 Å². The van der Waals surface area contributed by atoms with Gasteiger partial charge in [-0.1, -0.05) is 0 Å². The van der Waals surface area contributed by atoms with Gasteiger partial charge in [0.25, 0.3) is 0 Å². The second kappa shape index (κ2) is 6.87. The molecule has 0 amide bonds. The number of hydrogen-bond acceptors (Lipinski definition) is 9. The van der Waals surface area contributed by atoms with Gasteiger partial charge >= 0.3 is 19.6 Å². The molecule has 2 heterocycles. The third-order valence-electron chi connectivity index (χ3n) is 3.68. The molecule has 0 saturated carbocycles. The highest BCUT2D eigenvalue weighted by molar-refractivity contribution is 6.62. The molecule has 0 saturated heterocycles. The number of nitrogens with two attached hydrogens (primary N) is 1. The first kappa shape index (κ1) is 16.9. The van der Waals surface area contributed by atoms with E-state index in [0.717, 1.165) is 5.56 Å². The van der Waals surface area contributed by atoms with Crippen molar-refractivity contribution in [3.8, 4) is 11.6 Å². The van der Waals surface area contributed by atoms with Gasteiger partial charge in [-0.25, -0.2) is 4.98 Å². The lowest BCUT2D eigenvalue weighted by molar-refractivity contribution is -0.152. The lowest BCUT2D eigenvalue weighted by atomic mass is 9.77. The van der Waals surface area contributed by atoms with Crippen molar-refractivity contribution in [2.24, 2.45) is 0 Å². The number of benzene rings is 1. The Morgan fingerprint density at radius 3 is 3.04 bits per heavy atom. The zero-order chi connectivity index (χ0) is 18.0. The van der Waals surface area contributed by atoms with Crippen LogP contribution >= 0.6 is 0 Å². The first-order valence-corrected chi connectivity index (χ1v) is 7.35. The Morgan fingerprint density at radius 1 is 1.52 bits per heavy atom. The van der Waals surface area contributed by atoms with Crippen LogP contribution in [0.15, 0.2) is 24.4 Å². The summed E-state index contributed by atoms with van der Waals surface area (Å²) in [6, 6.07) is 4.86. The van der Waals surface area contributed by atoms with Crippen molar-refractivity contribution in [2.45, 2.75) is 19.4 Å². The number of carbonyl (C=O) groups excluding carboxylic acids is 2. The zero-order valence-electron chi connectivity index (χ0n) is 13.2. The van der Waals surface area contributed by atoms with Gasteiger partial charge in [0.1, 0.15) is 5.75 Å². The molecule has 9 nitrogen and oxygen atoms in total. The first-order valence-electron chi connectivity index (χ1n) is 7.35. The molecule has 0 fully saturated rings. The molecule has 1 aromatic carbocycles. The van der Waals surface area contributed by atoms with Gasteiger partial charge in [-0.05, 0) is 35.6 Å². The number of fused-ring (bicyclic) bond motifs is 1. The van der Waals surface area contributed by atoms with Gasteiger partial charge in [-0.15, -0.1) is 0 Å². The number of rotatable bonds is 5. The van der Waals surface area contributed by atoms with Crippen LogP contribution < -0.4 is 15.9 Å². The maximum absolute atomic E-state index is 11.5. The van der Waals surface area contributed by atoms with Crippen molar-refractivity contribution in [3.05, 3.63) is 35.5 Å². The summed E-state index contributed by atoms with van der Waals surface area (Å²) >= 11 is 0. The smallest absolute Gasteiger partial charge is 0.439 e. The molecule has 1 aromatic heterocycles.